The molecule has 1 amide bonds. The number of carbonyl (C=O) groups excluding carboxylic acids is 1. The lowest BCUT2D eigenvalue weighted by molar-refractivity contribution is -0.162. The van der Waals surface area contributed by atoms with E-state index < -0.39 is 18.1 Å². The van der Waals surface area contributed by atoms with Crippen molar-refractivity contribution in [1.29, 1.82) is 0 Å². The van der Waals surface area contributed by atoms with Gasteiger partial charge in [0.25, 0.3) is 0 Å². The Balaban J connectivity index is 1.64. The molecule has 2 aliphatic carbocycles. The van der Waals surface area contributed by atoms with Crippen molar-refractivity contribution in [3.05, 3.63) is 35.9 Å². The summed E-state index contributed by atoms with van der Waals surface area (Å²) in [6.07, 6.45) is -1.56. The van der Waals surface area contributed by atoms with E-state index in [4.69, 9.17) is 0 Å². The highest BCUT2D eigenvalue weighted by molar-refractivity contribution is 5.82. The van der Waals surface area contributed by atoms with Gasteiger partial charge in [-0.1, -0.05) is 36.8 Å². The summed E-state index contributed by atoms with van der Waals surface area (Å²) in [6.45, 7) is 0. The van der Waals surface area contributed by atoms with Gasteiger partial charge in [0.15, 0.2) is 0 Å². The molecule has 0 radical (unpaired) electrons. The van der Waals surface area contributed by atoms with Crippen molar-refractivity contribution in [2.24, 2.45) is 17.8 Å². The van der Waals surface area contributed by atoms with Gasteiger partial charge in [0.1, 0.15) is 6.04 Å². The van der Waals surface area contributed by atoms with Gasteiger partial charge in [0, 0.05) is 12.3 Å². The Morgan fingerprint density at radius 3 is 2.38 bits per heavy atom. The quantitative estimate of drug-likeness (QED) is 0.907. The zero-order valence-corrected chi connectivity index (χ0v) is 11.6. The Hall–Kier alpha value is -1.52. The molecule has 2 saturated carbocycles. The second-order valence-electron chi connectivity index (χ2n) is 6.08. The molecule has 114 valence electrons. The molecule has 0 saturated heterocycles. The van der Waals surface area contributed by atoms with Gasteiger partial charge in [-0.15, -0.1) is 0 Å². The third-order valence-electron chi connectivity index (χ3n) is 4.70. The van der Waals surface area contributed by atoms with Crippen LogP contribution < -0.4 is 5.32 Å². The highest BCUT2D eigenvalue weighted by Gasteiger charge is 2.57. The predicted molar refractivity (Wildman–Crippen MR) is 72.5 cm³/mol. The first-order valence-corrected chi connectivity index (χ1v) is 7.38. The standard InChI is InChI=1S/C16H18F3NO/c17-16(18,19)13(9-10-5-2-1-3-6-10)20-15(21)14-11-7-4-8-12(11)14/h1-3,5-6,11-14H,4,7-9H2,(H,20,21)/t11-,12+,13-,14?/m1/s1. The third-order valence-corrected chi connectivity index (χ3v) is 4.70. The number of hydrogen-bond acceptors (Lipinski definition) is 1. The van der Waals surface area contributed by atoms with E-state index in [2.05, 4.69) is 5.32 Å². The number of fused-ring (bicyclic) bond motifs is 1. The average molecular weight is 297 g/mol. The number of halogens is 3. The minimum atomic E-state index is -4.42. The molecule has 21 heavy (non-hydrogen) atoms. The van der Waals surface area contributed by atoms with E-state index in [1.807, 2.05) is 0 Å². The lowest BCUT2D eigenvalue weighted by atomic mass is 10.0. The molecule has 2 aliphatic rings. The predicted octanol–water partition coefficient (Wildman–Crippen LogP) is 3.32. The fourth-order valence-corrected chi connectivity index (χ4v) is 3.58. The number of hydrogen-bond donors (Lipinski definition) is 1. The van der Waals surface area contributed by atoms with Crippen LogP contribution in [0, 0.1) is 17.8 Å². The van der Waals surface area contributed by atoms with Crippen molar-refractivity contribution >= 4 is 5.91 Å². The molecule has 2 nitrogen and oxygen atoms in total. The molecule has 5 heteroatoms. The number of nitrogens with one attached hydrogen (secondary N) is 1. The Kier molecular flexibility index (Phi) is 3.68. The molecule has 0 spiro atoms. The van der Waals surface area contributed by atoms with Gasteiger partial charge in [-0.25, -0.2) is 0 Å². The topological polar surface area (TPSA) is 29.1 Å². The number of alkyl halides is 3. The van der Waals surface area contributed by atoms with Crippen molar-refractivity contribution in [3.63, 3.8) is 0 Å². The lowest BCUT2D eigenvalue weighted by Gasteiger charge is -2.22. The summed E-state index contributed by atoms with van der Waals surface area (Å²) < 4.78 is 39.4. The third kappa shape index (κ3) is 3.06. The maximum Gasteiger partial charge on any atom is 0.408 e. The van der Waals surface area contributed by atoms with Crippen LogP contribution in [0.3, 0.4) is 0 Å². The zero-order valence-electron chi connectivity index (χ0n) is 11.6. The highest BCUT2D eigenvalue weighted by atomic mass is 19.4. The second kappa shape index (κ2) is 5.35. The second-order valence-corrected chi connectivity index (χ2v) is 6.08. The zero-order chi connectivity index (χ0) is 15.0. The summed E-state index contributed by atoms with van der Waals surface area (Å²) in [5, 5.41) is 2.23. The Bertz CT molecular complexity index is 504. The number of carbonyl (C=O) groups is 1. The molecule has 1 aromatic rings. The van der Waals surface area contributed by atoms with Crippen molar-refractivity contribution in [2.45, 2.75) is 37.9 Å². The molecular formula is C16H18F3NO. The van der Waals surface area contributed by atoms with Crippen LogP contribution >= 0.6 is 0 Å². The summed E-state index contributed by atoms with van der Waals surface area (Å²) in [5.74, 6) is 0.0635. The Morgan fingerprint density at radius 2 is 1.81 bits per heavy atom. The first-order chi connectivity index (χ1) is 9.97. The summed E-state index contributed by atoms with van der Waals surface area (Å²) in [4.78, 5) is 12.1. The molecule has 0 bridgehead atoms. The van der Waals surface area contributed by atoms with Crippen LogP contribution in [0.25, 0.3) is 0 Å². The Labute approximate surface area is 121 Å². The molecule has 1 aromatic carbocycles. The minimum absolute atomic E-state index is 0.181. The van der Waals surface area contributed by atoms with Crippen LogP contribution in [-0.2, 0) is 11.2 Å². The monoisotopic (exact) mass is 297 g/mol. The Morgan fingerprint density at radius 1 is 1.19 bits per heavy atom. The van der Waals surface area contributed by atoms with Gasteiger partial charge in [-0.3, -0.25) is 4.79 Å². The van der Waals surface area contributed by atoms with Crippen molar-refractivity contribution in [3.8, 4) is 0 Å². The maximum absolute atomic E-state index is 13.1. The fraction of sp³-hybridized carbons (Fsp3) is 0.562. The first-order valence-electron chi connectivity index (χ1n) is 7.38. The SMILES string of the molecule is O=C(N[C@H](Cc1ccccc1)C(F)(F)F)C1[C@H]2CCC[C@@H]12. The van der Waals surface area contributed by atoms with E-state index >= 15 is 0 Å². The van der Waals surface area contributed by atoms with E-state index in [-0.39, 0.29) is 12.3 Å². The maximum atomic E-state index is 13.1. The van der Waals surface area contributed by atoms with E-state index in [9.17, 15) is 18.0 Å². The van der Waals surface area contributed by atoms with Crippen LogP contribution in [-0.4, -0.2) is 18.1 Å². The van der Waals surface area contributed by atoms with Crippen LogP contribution in [0.15, 0.2) is 30.3 Å². The molecule has 0 heterocycles. The van der Waals surface area contributed by atoms with Crippen molar-refractivity contribution < 1.29 is 18.0 Å². The number of rotatable bonds is 4. The minimum Gasteiger partial charge on any atom is -0.344 e. The van der Waals surface area contributed by atoms with Crippen LogP contribution in [0.2, 0.25) is 0 Å². The highest BCUT2D eigenvalue weighted by Crippen LogP contribution is 2.57. The van der Waals surface area contributed by atoms with Crippen LogP contribution in [0.5, 0.6) is 0 Å². The molecule has 2 fully saturated rings. The summed E-state index contributed by atoms with van der Waals surface area (Å²) in [5.41, 5.74) is 0.580. The van der Waals surface area contributed by atoms with Crippen LogP contribution in [0.1, 0.15) is 24.8 Å². The fourth-order valence-electron chi connectivity index (χ4n) is 3.58. The van der Waals surface area contributed by atoms with Gasteiger partial charge in [0.05, 0.1) is 0 Å². The van der Waals surface area contributed by atoms with Gasteiger partial charge >= 0.3 is 6.18 Å². The van der Waals surface area contributed by atoms with E-state index in [1.165, 1.54) is 0 Å². The average Bonchev–Trinajstić information content (AvgIpc) is 2.92. The van der Waals surface area contributed by atoms with E-state index in [0.717, 1.165) is 19.3 Å². The van der Waals surface area contributed by atoms with Gasteiger partial charge in [-0.05, 0) is 30.2 Å². The van der Waals surface area contributed by atoms with E-state index in [1.54, 1.807) is 30.3 Å². The van der Waals surface area contributed by atoms with Crippen molar-refractivity contribution in [1.82, 2.24) is 5.32 Å². The lowest BCUT2D eigenvalue weighted by Crippen LogP contribution is -2.47. The summed E-state index contributed by atoms with van der Waals surface area (Å²) >= 11 is 0. The summed E-state index contributed by atoms with van der Waals surface area (Å²) in [6, 6.07) is 6.67. The number of benzene rings is 1. The van der Waals surface area contributed by atoms with Gasteiger partial charge in [0.2, 0.25) is 5.91 Å². The normalized spacial score (nSPS) is 28.8. The molecule has 1 N–H and O–H groups in total. The van der Waals surface area contributed by atoms with Crippen molar-refractivity contribution in [2.75, 3.05) is 0 Å². The molecular weight excluding hydrogens is 279 g/mol. The van der Waals surface area contributed by atoms with Crippen LogP contribution in [0.4, 0.5) is 13.2 Å². The van der Waals surface area contributed by atoms with E-state index in [0.29, 0.717) is 17.4 Å². The number of amides is 1. The molecule has 0 aliphatic heterocycles. The first kappa shape index (κ1) is 14.4. The smallest absolute Gasteiger partial charge is 0.344 e. The molecule has 3 rings (SSSR count). The van der Waals surface area contributed by atoms with Gasteiger partial charge in [-0.2, -0.15) is 13.2 Å². The summed E-state index contributed by atoms with van der Waals surface area (Å²) in [7, 11) is 0. The molecule has 4 atom stereocenters. The molecule has 1 unspecified atom stereocenters. The van der Waals surface area contributed by atoms with Gasteiger partial charge < -0.3 is 5.32 Å². The largest absolute Gasteiger partial charge is 0.408 e. The molecule has 0 aromatic heterocycles.